The van der Waals surface area contributed by atoms with Crippen LogP contribution in [0.5, 0.6) is 0 Å². The van der Waals surface area contributed by atoms with Crippen LogP contribution in [0.4, 0.5) is 11.5 Å². The van der Waals surface area contributed by atoms with Crippen molar-refractivity contribution in [1.82, 2.24) is 20.6 Å². The summed E-state index contributed by atoms with van der Waals surface area (Å²) in [6.07, 6.45) is -0.299. The van der Waals surface area contributed by atoms with Gasteiger partial charge < -0.3 is 15.2 Å². The average Bonchev–Trinajstić information content (AvgIpc) is 3.23. The van der Waals surface area contributed by atoms with Crippen molar-refractivity contribution in [3.8, 4) is 0 Å². The van der Waals surface area contributed by atoms with Crippen LogP contribution in [0.15, 0.2) is 30.3 Å². The van der Waals surface area contributed by atoms with E-state index in [-0.39, 0.29) is 36.5 Å². The Morgan fingerprint density at radius 1 is 1.32 bits per heavy atom. The topological polar surface area (TPSA) is 177 Å². The lowest BCUT2D eigenvalue weighted by Gasteiger charge is -2.16. The number of amides is 3. The SMILES string of the molecule is Cc1cc([N+](=O)[O-])nn1CCC(=O)NNC1CC(=O)N(c2cccc(C(=O)O)c2)C1=O. The molecule has 1 saturated heterocycles. The van der Waals surface area contributed by atoms with Gasteiger partial charge in [-0.05, 0) is 30.0 Å². The number of aryl methyl sites for hydroxylation is 2. The third kappa shape index (κ3) is 4.72. The molecule has 2 heterocycles. The molecule has 0 aliphatic carbocycles. The maximum Gasteiger partial charge on any atom is 0.390 e. The predicted octanol–water partition coefficient (Wildman–Crippen LogP) is 0.141. The van der Waals surface area contributed by atoms with Crippen LogP contribution in [-0.2, 0) is 20.9 Å². The van der Waals surface area contributed by atoms with Gasteiger partial charge in [0.25, 0.3) is 5.91 Å². The van der Waals surface area contributed by atoms with Crippen molar-refractivity contribution >= 4 is 35.2 Å². The third-order valence-corrected chi connectivity index (χ3v) is 4.59. The van der Waals surface area contributed by atoms with Crippen LogP contribution in [0.3, 0.4) is 0 Å². The molecule has 3 amide bonds. The second-order valence-electron chi connectivity index (χ2n) is 6.75. The summed E-state index contributed by atoms with van der Waals surface area (Å²) in [5.74, 6) is -3.20. The lowest BCUT2D eigenvalue weighted by atomic mass is 10.2. The van der Waals surface area contributed by atoms with E-state index < -0.39 is 34.7 Å². The molecular formula is C18H18N6O7. The van der Waals surface area contributed by atoms with Crippen LogP contribution in [-0.4, -0.2) is 49.5 Å². The number of nitro groups is 1. The second kappa shape index (κ2) is 8.71. The number of nitrogens with zero attached hydrogens (tertiary/aromatic N) is 4. The van der Waals surface area contributed by atoms with Gasteiger partial charge in [-0.15, -0.1) is 0 Å². The summed E-state index contributed by atoms with van der Waals surface area (Å²) in [4.78, 5) is 59.0. The number of carboxylic acid groups (broad SMARTS) is 1. The number of hydrazine groups is 1. The zero-order valence-corrected chi connectivity index (χ0v) is 16.3. The highest BCUT2D eigenvalue weighted by Gasteiger charge is 2.39. The van der Waals surface area contributed by atoms with E-state index in [9.17, 15) is 29.3 Å². The van der Waals surface area contributed by atoms with E-state index in [1.165, 1.54) is 35.0 Å². The van der Waals surface area contributed by atoms with Crippen LogP contribution < -0.4 is 15.8 Å². The summed E-state index contributed by atoms with van der Waals surface area (Å²) < 4.78 is 1.32. The van der Waals surface area contributed by atoms with Gasteiger partial charge in [0.2, 0.25) is 11.8 Å². The first-order valence-electron chi connectivity index (χ1n) is 9.10. The average molecular weight is 430 g/mol. The summed E-state index contributed by atoms with van der Waals surface area (Å²) in [6.45, 7) is 1.70. The zero-order valence-electron chi connectivity index (χ0n) is 16.3. The Balaban J connectivity index is 1.56. The molecule has 0 radical (unpaired) electrons. The molecule has 1 atom stereocenters. The minimum Gasteiger partial charge on any atom is -0.478 e. The van der Waals surface area contributed by atoms with Crippen molar-refractivity contribution in [1.29, 1.82) is 0 Å². The number of hydrogen-bond acceptors (Lipinski definition) is 8. The number of aromatic nitrogens is 2. The Bertz CT molecular complexity index is 1080. The third-order valence-electron chi connectivity index (χ3n) is 4.59. The molecule has 0 saturated carbocycles. The molecule has 31 heavy (non-hydrogen) atoms. The van der Waals surface area contributed by atoms with E-state index in [1.807, 2.05) is 0 Å². The molecule has 2 aromatic rings. The summed E-state index contributed by atoms with van der Waals surface area (Å²) in [6, 6.07) is 5.68. The molecule has 162 valence electrons. The Hall–Kier alpha value is -4.13. The minimum atomic E-state index is -1.19. The maximum absolute atomic E-state index is 12.6. The number of carbonyl (C=O) groups is 4. The number of imide groups is 1. The molecule has 1 unspecified atom stereocenters. The van der Waals surface area contributed by atoms with Gasteiger partial charge in [0.05, 0.1) is 41.1 Å². The minimum absolute atomic E-state index is 0.0723. The molecule has 13 nitrogen and oxygen atoms in total. The van der Waals surface area contributed by atoms with Gasteiger partial charge in [0.15, 0.2) is 0 Å². The van der Waals surface area contributed by atoms with Gasteiger partial charge in [-0.1, -0.05) is 6.07 Å². The first-order valence-corrected chi connectivity index (χ1v) is 9.10. The monoisotopic (exact) mass is 430 g/mol. The largest absolute Gasteiger partial charge is 0.478 e. The van der Waals surface area contributed by atoms with Gasteiger partial charge in [0.1, 0.15) is 6.04 Å². The summed E-state index contributed by atoms with van der Waals surface area (Å²) in [5.41, 5.74) is 5.42. The molecule has 0 spiro atoms. The highest BCUT2D eigenvalue weighted by atomic mass is 16.6. The standard InChI is InChI=1S/C18H18N6O7/c1-10-7-14(24(30)31)21-22(10)6-5-15(25)20-19-13-9-16(26)23(17(13)27)12-4-2-3-11(8-12)18(28)29/h2-4,7-8,13,19H,5-6,9H2,1H3,(H,20,25)(H,28,29). The van der Waals surface area contributed by atoms with E-state index in [0.29, 0.717) is 5.69 Å². The van der Waals surface area contributed by atoms with E-state index in [1.54, 1.807) is 6.92 Å². The molecule has 3 rings (SSSR count). The lowest BCUT2D eigenvalue weighted by molar-refractivity contribution is -0.389. The number of aromatic carboxylic acids is 1. The molecule has 1 aliphatic rings. The molecule has 1 aromatic heterocycles. The number of carbonyl (C=O) groups excluding carboxylic acids is 3. The molecule has 0 bridgehead atoms. The number of carboxylic acids is 1. The smallest absolute Gasteiger partial charge is 0.390 e. The van der Waals surface area contributed by atoms with Crippen LogP contribution in [0.1, 0.15) is 28.9 Å². The van der Waals surface area contributed by atoms with Crippen LogP contribution >= 0.6 is 0 Å². The molecular weight excluding hydrogens is 412 g/mol. The fraction of sp³-hybridized carbons (Fsp3) is 0.278. The first kappa shape index (κ1) is 21.6. The van der Waals surface area contributed by atoms with Crippen molar-refractivity contribution in [3.63, 3.8) is 0 Å². The van der Waals surface area contributed by atoms with Gasteiger partial charge in [-0.2, -0.15) is 4.68 Å². The van der Waals surface area contributed by atoms with Crippen molar-refractivity contribution in [2.75, 3.05) is 4.90 Å². The lowest BCUT2D eigenvalue weighted by Crippen LogP contribution is -2.48. The van der Waals surface area contributed by atoms with Crippen LogP contribution in [0, 0.1) is 17.0 Å². The highest BCUT2D eigenvalue weighted by Crippen LogP contribution is 2.23. The zero-order chi connectivity index (χ0) is 22.7. The number of anilines is 1. The fourth-order valence-electron chi connectivity index (χ4n) is 3.04. The molecule has 13 heteroatoms. The van der Waals surface area contributed by atoms with Crippen molar-refractivity contribution in [2.24, 2.45) is 0 Å². The Morgan fingerprint density at radius 3 is 2.71 bits per heavy atom. The van der Waals surface area contributed by atoms with E-state index in [0.717, 1.165) is 4.90 Å². The molecule has 1 fully saturated rings. The van der Waals surface area contributed by atoms with Crippen LogP contribution in [0.2, 0.25) is 0 Å². The first-order chi connectivity index (χ1) is 14.7. The van der Waals surface area contributed by atoms with Gasteiger partial charge in [-0.3, -0.25) is 19.8 Å². The van der Waals surface area contributed by atoms with Crippen LogP contribution in [0.25, 0.3) is 0 Å². The number of benzene rings is 1. The van der Waals surface area contributed by atoms with Crippen molar-refractivity contribution in [2.45, 2.75) is 32.4 Å². The molecule has 3 N–H and O–H groups in total. The van der Waals surface area contributed by atoms with Crippen molar-refractivity contribution < 1.29 is 29.2 Å². The normalized spacial score (nSPS) is 15.9. The fourth-order valence-corrected chi connectivity index (χ4v) is 3.04. The van der Waals surface area contributed by atoms with Gasteiger partial charge in [0, 0.05) is 6.42 Å². The van der Waals surface area contributed by atoms with E-state index >= 15 is 0 Å². The summed E-state index contributed by atoms with van der Waals surface area (Å²) in [7, 11) is 0. The Morgan fingerprint density at radius 2 is 2.06 bits per heavy atom. The highest BCUT2D eigenvalue weighted by molar-refractivity contribution is 6.22. The van der Waals surface area contributed by atoms with Gasteiger partial charge in [-0.25, -0.2) is 15.1 Å². The Kier molecular flexibility index (Phi) is 6.06. The quantitative estimate of drug-likeness (QED) is 0.298. The van der Waals surface area contributed by atoms with E-state index in [4.69, 9.17) is 5.11 Å². The van der Waals surface area contributed by atoms with Gasteiger partial charge >= 0.3 is 11.8 Å². The summed E-state index contributed by atoms with van der Waals surface area (Å²) in [5, 5.41) is 23.6. The number of rotatable bonds is 8. The summed E-state index contributed by atoms with van der Waals surface area (Å²) >= 11 is 0. The number of hydrogen-bond donors (Lipinski definition) is 3. The number of nitrogens with one attached hydrogen (secondary N) is 2. The Labute approximate surface area is 174 Å². The molecule has 1 aromatic carbocycles. The second-order valence-corrected chi connectivity index (χ2v) is 6.75. The van der Waals surface area contributed by atoms with Crippen molar-refractivity contribution in [3.05, 3.63) is 51.7 Å². The molecule has 1 aliphatic heterocycles. The predicted molar refractivity (Wildman–Crippen MR) is 104 cm³/mol. The van der Waals surface area contributed by atoms with E-state index in [2.05, 4.69) is 16.0 Å². The maximum atomic E-state index is 12.6.